The van der Waals surface area contributed by atoms with Crippen LogP contribution < -0.4 is 43.8 Å². The number of nitrogens with two attached hydrogens (primary N) is 2. The number of halogens is 10. The maximum absolute atomic E-state index is 12.3. The number of oxazole rings is 5. The fourth-order valence-electron chi connectivity index (χ4n) is 9.77. The number of benzene rings is 7. The van der Waals surface area contributed by atoms with Gasteiger partial charge in [0.1, 0.15) is 33.6 Å². The number of carboxylic acid groups (broad SMARTS) is 1. The van der Waals surface area contributed by atoms with Gasteiger partial charge in [-0.15, -0.1) is 0 Å². The first-order chi connectivity index (χ1) is 47.2. The second kappa shape index (κ2) is 32.5. The van der Waals surface area contributed by atoms with Gasteiger partial charge in [-0.3, -0.25) is 37.9 Å². The number of aromatic amines is 1. The average molecular weight is 1830 g/mol. The Morgan fingerprint density at radius 2 is 0.881 bits per heavy atom. The van der Waals surface area contributed by atoms with E-state index in [1.54, 1.807) is 56.6 Å². The molecule has 0 saturated heterocycles. The van der Waals surface area contributed by atoms with Crippen LogP contribution in [0.2, 0.25) is 50.0 Å². The summed E-state index contributed by atoms with van der Waals surface area (Å²) in [6.07, 6.45) is 0.808. The number of ketones is 2. The topological polar surface area (TPSA) is 377 Å². The molecule has 14 rings (SSSR count). The molecule has 0 spiro atoms. The van der Waals surface area contributed by atoms with E-state index >= 15 is 0 Å². The Morgan fingerprint density at radius 1 is 0.495 bits per heavy atom. The van der Waals surface area contributed by atoms with E-state index in [9.17, 15) is 43.2 Å². The summed E-state index contributed by atoms with van der Waals surface area (Å²) in [6.45, 7) is 0. The van der Waals surface area contributed by atoms with Crippen molar-refractivity contribution < 1.29 is 61.3 Å². The summed E-state index contributed by atoms with van der Waals surface area (Å²) in [4.78, 5) is 112. The summed E-state index contributed by atoms with van der Waals surface area (Å²) in [7, 11) is 7.64. The minimum absolute atomic E-state index is 0.000579. The van der Waals surface area contributed by atoms with Crippen LogP contribution >= 0.6 is 129 Å². The van der Waals surface area contributed by atoms with Gasteiger partial charge in [-0.25, -0.2) is 19.2 Å². The van der Waals surface area contributed by atoms with E-state index in [-0.39, 0.29) is 84.8 Å². The number of esters is 1. The van der Waals surface area contributed by atoms with Crippen molar-refractivity contribution >= 4 is 241 Å². The Bertz CT molecular complexity index is 5550. The predicted molar refractivity (Wildman–Crippen MR) is 400 cm³/mol. The molecule has 0 radical (unpaired) electrons. The van der Waals surface area contributed by atoms with Crippen LogP contribution in [-0.2, 0) is 42.5 Å². The first-order valence-corrected chi connectivity index (χ1v) is 44.1. The van der Waals surface area contributed by atoms with Gasteiger partial charge in [0.05, 0.1) is 60.5 Å². The average Bonchev–Trinajstić information content (AvgIpc) is 1.61. The van der Waals surface area contributed by atoms with Crippen molar-refractivity contribution in [2.24, 2.45) is 51.9 Å². The molecule has 0 bridgehead atoms. The predicted octanol–water partition coefficient (Wildman–Crippen LogP) is 14.9. The quantitative estimate of drug-likeness (QED) is 0.0284. The van der Waals surface area contributed by atoms with E-state index in [0.29, 0.717) is 92.3 Å². The van der Waals surface area contributed by atoms with Crippen LogP contribution in [0.4, 0.5) is 11.4 Å². The van der Waals surface area contributed by atoms with E-state index in [4.69, 9.17) is 130 Å². The number of nitrogens with zero attached hydrogens (tertiary/aromatic N) is 4. The minimum atomic E-state index is -2.18. The second-order valence-electron chi connectivity index (χ2n) is 23.4. The molecule has 0 amide bonds. The van der Waals surface area contributed by atoms with Crippen molar-refractivity contribution in [2.45, 2.75) is 27.7 Å². The number of H-pyrrole nitrogens is 1. The number of aromatic hydroxyl groups is 2. The van der Waals surface area contributed by atoms with Crippen molar-refractivity contribution in [1.82, 2.24) is 23.3 Å². The summed E-state index contributed by atoms with van der Waals surface area (Å²) in [5.74, 6) is -6.10. The normalized spacial score (nSPS) is 14.9. The number of carboxylic acids is 1. The van der Waals surface area contributed by atoms with Crippen LogP contribution in [0, 0.1) is 23.7 Å². The maximum atomic E-state index is 12.3. The number of Topliss-reactive ketones (excluding diaryl/α,β-unsaturated/α-hetero) is 2. The number of phenols is 2. The molecule has 101 heavy (non-hydrogen) atoms. The van der Waals surface area contributed by atoms with Crippen LogP contribution in [0.3, 0.4) is 0 Å². The van der Waals surface area contributed by atoms with E-state index < -0.39 is 59.2 Å². The van der Waals surface area contributed by atoms with Crippen LogP contribution in [0.15, 0.2) is 150 Å². The number of para-hydroxylation sites is 1. The smallest absolute Gasteiger partial charge is 0.419 e. The van der Waals surface area contributed by atoms with Gasteiger partial charge in [-0.05, 0) is 85.6 Å². The first-order valence-electron chi connectivity index (χ1n) is 29.1. The minimum Gasteiger partial charge on any atom is -0.506 e. The van der Waals surface area contributed by atoms with Crippen LogP contribution in [-0.4, -0.2) is 87.6 Å². The SMILES string of the molecule is COC(=O)[C@H]1C[C@@H]1C(=O)c1cc(Cl)c2c(c1)oc(=O)n2C.Cn1c(=O)oc2c[c]([Sn]([CH3])([CH3])[CH3])cc(Cl)c21.Cn1c(=O)oc2cc(Br)cc(Cl)c21.Cn1c(=O)oc2cc(C(=O)[C@H]3C[C@@H]3C(=O)O)cc(Cl)c21.Nc1c(O)cc(Br)cc1Cl.Nc1c(O)cccc1Cl.O=c1[nH]c2c(Cl)cc(Br)cc2o1. The largest absolute Gasteiger partial charge is 0.506 e. The number of ether oxygens (including phenoxy) is 1. The zero-order valence-corrected chi connectivity index (χ0v) is 66.5. The summed E-state index contributed by atoms with van der Waals surface area (Å²) in [6, 6.07) is 24.5. The molecule has 5 aromatic heterocycles. The number of fused-ring (bicyclic) bond motifs is 5. The van der Waals surface area contributed by atoms with Gasteiger partial charge in [-0.2, -0.15) is 0 Å². The van der Waals surface area contributed by atoms with E-state index in [2.05, 4.69) is 72.3 Å². The molecule has 2 aliphatic rings. The number of nitrogens with one attached hydrogen (secondary N) is 1. The molecule has 12 aromatic rings. The second-order valence-corrected chi connectivity index (χ2v) is 43.5. The van der Waals surface area contributed by atoms with Gasteiger partial charge in [-0.1, -0.05) is 123 Å². The van der Waals surface area contributed by atoms with Crippen molar-refractivity contribution in [3.05, 3.63) is 203 Å². The zero-order valence-electron chi connectivity index (χ0n) is 53.6. The molecule has 2 aliphatic carbocycles. The molecule has 0 aliphatic heterocycles. The third kappa shape index (κ3) is 18.5. The molecule has 0 unspecified atom stereocenters. The number of aliphatic carboxylic acids is 1. The van der Waals surface area contributed by atoms with Gasteiger partial charge < -0.3 is 49.2 Å². The number of phenolic OH excluding ortho intramolecular Hbond substituents is 2. The number of methoxy groups -OCH3 is 1. The fourth-order valence-corrected chi connectivity index (χ4v) is 17.0. The number of hydrogen-bond acceptors (Lipinski definition) is 19. The van der Waals surface area contributed by atoms with Gasteiger partial charge in [0.25, 0.3) is 0 Å². The molecular weight excluding hydrogens is 1770 g/mol. The summed E-state index contributed by atoms with van der Waals surface area (Å²) in [5, 5.41) is 29.6. The standard InChI is InChI=1S/C14H12ClNO5.C13H10ClNO5.C8H5BrClNO2.C8H5ClNO2.C7H3BrClNO2.C6H5BrClNO.C6H6ClNO.3CH3.Sn/c1-16-11-9(15)3-6(4-10(11)21-14(16)19)12(17)7-5-8(7)13(18)20-2;1-15-10-8(14)2-5(3-9(10)20-13(15)19)11(16)6-4-7(6)12(17)18;1-11-7-5(10)2-4(9)3-6(7)13-8(11)12;1-10-7-5(9)3-2-4-6(7)12-8(10)11;8-3-1-4(9)6-5(2-3)12-7(11)10-6;7-3-1-4(8)6(9)5(10)2-3;7-4-2-1-3-5(9)6(4)8;;;;/h3-4,7-8H,5H2,1-2H3;2-3,6-7H,4H2,1H3,(H,17,18);2-3H,1H3;3-4H,1H3;1-2H,(H,10,11);1-2,10H,9H2;1-3,9H,8H2;3*1H3;/t7-,8-;6-,7-;;;;;;;;;/m00........./s1. The number of anilines is 2. The third-order valence-electron chi connectivity index (χ3n) is 15.4. The number of nitrogen functional groups attached to an aromatic ring is 2. The van der Waals surface area contributed by atoms with Crippen molar-refractivity contribution in [3.8, 4) is 11.5 Å². The Labute approximate surface area is 633 Å². The number of carbonyl (C=O) groups excluding carboxylic acids is 3. The Balaban J connectivity index is 0.000000153. The molecule has 25 nitrogen and oxygen atoms in total. The number of hydrogen-bond donors (Lipinski definition) is 6. The van der Waals surface area contributed by atoms with Gasteiger partial charge in [0.2, 0.25) is 0 Å². The van der Waals surface area contributed by atoms with Gasteiger partial charge >= 0.3 is 138 Å². The molecule has 36 heteroatoms. The van der Waals surface area contributed by atoms with E-state index in [1.165, 1.54) is 79.5 Å². The summed E-state index contributed by atoms with van der Waals surface area (Å²) >= 11 is 48.7. The summed E-state index contributed by atoms with van der Waals surface area (Å²) < 4.78 is 38.5. The molecule has 5 heterocycles. The summed E-state index contributed by atoms with van der Waals surface area (Å²) in [5.41, 5.74) is 16.4. The molecule has 4 atom stereocenters. The number of rotatable bonds is 7. The van der Waals surface area contributed by atoms with Gasteiger partial charge in [0, 0.05) is 57.5 Å². The number of aromatic nitrogens is 5. The third-order valence-corrected chi connectivity index (χ3v) is 24.6. The Kier molecular flexibility index (Phi) is 25.6. The van der Waals surface area contributed by atoms with Crippen molar-refractivity contribution in [3.63, 3.8) is 0 Å². The first kappa shape index (κ1) is 79.3. The van der Waals surface area contributed by atoms with E-state index in [0.717, 1.165) is 8.95 Å². The molecule has 7 aromatic carbocycles. The fraction of sp³-hybridized carbons (Fsp3) is 0.215. The molecule has 2 fully saturated rings. The number of aryl methyl sites for hydroxylation is 4. The van der Waals surface area contributed by atoms with Crippen LogP contribution in [0.25, 0.3) is 55.5 Å². The molecule has 2 saturated carbocycles. The molecule has 8 N–H and O–H groups in total. The van der Waals surface area contributed by atoms with E-state index in [1.807, 2.05) is 12.1 Å². The van der Waals surface area contributed by atoms with Crippen molar-refractivity contribution in [1.29, 1.82) is 0 Å². The van der Waals surface area contributed by atoms with Crippen molar-refractivity contribution in [2.75, 3.05) is 18.6 Å². The maximum Gasteiger partial charge on any atom is 0.419 e. The van der Waals surface area contributed by atoms with Gasteiger partial charge in [0.15, 0.2) is 33.9 Å². The molecular formula is C65H55Br3Cl7N7O18Sn. The van der Waals surface area contributed by atoms with Crippen LogP contribution in [0.1, 0.15) is 33.6 Å². The monoisotopic (exact) mass is 1820 g/mol. The molecule has 532 valence electrons. The Hall–Kier alpha value is -7.36. The zero-order chi connectivity index (χ0) is 74.9. The number of carbonyl (C=O) groups is 4. The Morgan fingerprint density at radius 3 is 1.31 bits per heavy atom. The van der Waals surface area contributed by atoms with Crippen LogP contribution in [0.5, 0.6) is 11.5 Å².